The van der Waals surface area contributed by atoms with Gasteiger partial charge in [-0.15, -0.1) is 0 Å². The van der Waals surface area contributed by atoms with Crippen LogP contribution in [0.15, 0.2) is 57.9 Å². The lowest BCUT2D eigenvalue weighted by atomic mass is 9.97. The summed E-state index contributed by atoms with van der Waals surface area (Å²) in [7, 11) is -1.99. The molecule has 0 unspecified atom stereocenters. The number of hydrogen-bond acceptors (Lipinski definition) is 6. The summed E-state index contributed by atoms with van der Waals surface area (Å²) in [6.07, 6.45) is 1.27. The minimum Gasteiger partial charge on any atom is -0.497 e. The quantitative estimate of drug-likeness (QED) is 0.605. The monoisotopic (exact) mass is 433 g/mol. The maximum absolute atomic E-state index is 12.9. The van der Waals surface area contributed by atoms with E-state index >= 15 is 0 Å². The molecule has 1 aliphatic heterocycles. The van der Waals surface area contributed by atoms with Crippen molar-refractivity contribution in [2.45, 2.75) is 23.7 Å². The van der Waals surface area contributed by atoms with Crippen molar-refractivity contribution in [2.75, 3.05) is 20.2 Å². The van der Waals surface area contributed by atoms with Crippen molar-refractivity contribution >= 4 is 21.6 Å². The molecule has 0 bridgehead atoms. The van der Waals surface area contributed by atoms with Gasteiger partial charge in [0.25, 0.3) is 5.89 Å². The largest absolute Gasteiger partial charge is 0.497 e. The summed E-state index contributed by atoms with van der Waals surface area (Å²) in [5.41, 5.74) is 0.799. The van der Waals surface area contributed by atoms with E-state index in [4.69, 9.17) is 20.9 Å². The summed E-state index contributed by atoms with van der Waals surface area (Å²) >= 11 is 5.91. The van der Waals surface area contributed by atoms with Crippen molar-refractivity contribution in [1.29, 1.82) is 0 Å². The number of ether oxygens (including phenoxy) is 1. The number of benzene rings is 2. The van der Waals surface area contributed by atoms with E-state index < -0.39 is 10.0 Å². The van der Waals surface area contributed by atoms with Gasteiger partial charge in [0, 0.05) is 29.6 Å². The van der Waals surface area contributed by atoms with Crippen molar-refractivity contribution in [1.82, 2.24) is 14.4 Å². The Morgan fingerprint density at radius 1 is 1.07 bits per heavy atom. The number of halogens is 1. The number of aromatic nitrogens is 2. The first-order chi connectivity index (χ1) is 14.0. The zero-order valence-electron chi connectivity index (χ0n) is 15.8. The lowest BCUT2D eigenvalue weighted by molar-refractivity contribution is 0.307. The van der Waals surface area contributed by atoms with Crippen LogP contribution in [-0.2, 0) is 10.0 Å². The zero-order valence-corrected chi connectivity index (χ0v) is 17.4. The summed E-state index contributed by atoms with van der Waals surface area (Å²) < 4.78 is 37.7. The van der Waals surface area contributed by atoms with Crippen molar-refractivity contribution in [3.8, 4) is 17.2 Å². The molecule has 1 fully saturated rings. The predicted molar refractivity (Wildman–Crippen MR) is 108 cm³/mol. The second-order valence-electron chi connectivity index (χ2n) is 6.82. The molecule has 2 aromatic carbocycles. The molecule has 1 aromatic heterocycles. The van der Waals surface area contributed by atoms with Gasteiger partial charge in [-0.2, -0.15) is 9.29 Å². The molecule has 0 atom stereocenters. The molecule has 2 heterocycles. The summed E-state index contributed by atoms with van der Waals surface area (Å²) in [5, 5.41) is 4.74. The van der Waals surface area contributed by atoms with E-state index in [-0.39, 0.29) is 10.8 Å². The van der Waals surface area contributed by atoms with Gasteiger partial charge < -0.3 is 9.26 Å². The lowest BCUT2D eigenvalue weighted by Crippen LogP contribution is -2.38. The SMILES string of the molecule is COc1ccc(S(=O)(=O)N2CCC(c3noc(-c4ccc(Cl)cc4)n3)CC2)cc1. The molecule has 0 N–H and O–H groups in total. The predicted octanol–water partition coefficient (Wildman–Crippen LogP) is 3.97. The highest BCUT2D eigenvalue weighted by Crippen LogP contribution is 2.31. The number of sulfonamides is 1. The van der Waals surface area contributed by atoms with Gasteiger partial charge in [0.1, 0.15) is 5.75 Å². The number of methoxy groups -OCH3 is 1. The highest BCUT2D eigenvalue weighted by atomic mass is 35.5. The minimum atomic E-state index is -3.53. The molecule has 4 rings (SSSR count). The minimum absolute atomic E-state index is 0.0575. The molecule has 0 amide bonds. The van der Waals surface area contributed by atoms with Gasteiger partial charge in [-0.05, 0) is 61.4 Å². The first kappa shape index (κ1) is 19.9. The molecular formula is C20H20ClN3O4S. The van der Waals surface area contributed by atoms with Gasteiger partial charge in [0.2, 0.25) is 10.0 Å². The van der Waals surface area contributed by atoms with Crippen LogP contribution >= 0.6 is 11.6 Å². The van der Waals surface area contributed by atoms with Crippen LogP contribution in [0.1, 0.15) is 24.6 Å². The molecule has 152 valence electrons. The van der Waals surface area contributed by atoms with Crippen LogP contribution in [0.4, 0.5) is 0 Å². The number of rotatable bonds is 5. The lowest BCUT2D eigenvalue weighted by Gasteiger charge is -2.29. The second-order valence-corrected chi connectivity index (χ2v) is 9.19. The Hall–Kier alpha value is -2.42. The second kappa shape index (κ2) is 8.14. The van der Waals surface area contributed by atoms with Gasteiger partial charge in [-0.25, -0.2) is 8.42 Å². The van der Waals surface area contributed by atoms with Gasteiger partial charge in [-0.1, -0.05) is 16.8 Å². The zero-order chi connectivity index (χ0) is 20.4. The molecular weight excluding hydrogens is 414 g/mol. The summed E-state index contributed by atoms with van der Waals surface area (Å²) in [5.74, 6) is 1.72. The molecule has 29 heavy (non-hydrogen) atoms. The third-order valence-electron chi connectivity index (χ3n) is 5.05. The van der Waals surface area contributed by atoms with E-state index in [1.807, 2.05) is 12.1 Å². The fraction of sp³-hybridized carbons (Fsp3) is 0.300. The van der Waals surface area contributed by atoms with E-state index in [1.54, 1.807) is 43.5 Å². The molecule has 3 aromatic rings. The normalized spacial score (nSPS) is 16.1. The van der Waals surface area contributed by atoms with Crippen molar-refractivity contribution in [3.05, 3.63) is 59.4 Å². The van der Waals surface area contributed by atoms with Crippen molar-refractivity contribution < 1.29 is 17.7 Å². The summed E-state index contributed by atoms with van der Waals surface area (Å²) in [4.78, 5) is 4.76. The van der Waals surface area contributed by atoms with E-state index in [2.05, 4.69) is 10.1 Å². The summed E-state index contributed by atoms with van der Waals surface area (Å²) in [6, 6.07) is 13.6. The van der Waals surface area contributed by atoms with Crippen LogP contribution in [-0.4, -0.2) is 43.1 Å². The average Bonchev–Trinajstić information content (AvgIpc) is 3.24. The standard InChI is InChI=1S/C20H20ClN3O4S/c1-27-17-6-8-18(9-7-17)29(25,26)24-12-10-14(11-13-24)19-22-20(28-23-19)15-2-4-16(21)5-3-15/h2-9,14H,10-13H2,1H3. The number of nitrogens with zero attached hydrogens (tertiary/aromatic N) is 3. The van der Waals surface area contributed by atoms with Gasteiger partial charge in [0.15, 0.2) is 5.82 Å². The van der Waals surface area contributed by atoms with Gasteiger partial charge >= 0.3 is 0 Å². The van der Waals surface area contributed by atoms with Crippen LogP contribution in [0.3, 0.4) is 0 Å². The van der Waals surface area contributed by atoms with Crippen LogP contribution in [0.5, 0.6) is 5.75 Å². The molecule has 1 aliphatic rings. The number of piperidine rings is 1. The maximum atomic E-state index is 12.9. The van der Waals surface area contributed by atoms with Crippen molar-refractivity contribution in [2.24, 2.45) is 0 Å². The summed E-state index contributed by atoms with van der Waals surface area (Å²) in [6.45, 7) is 0.813. The van der Waals surface area contributed by atoms with E-state index in [0.29, 0.717) is 48.4 Å². The molecule has 0 spiro atoms. The van der Waals surface area contributed by atoms with E-state index in [0.717, 1.165) is 5.56 Å². The molecule has 9 heteroatoms. The first-order valence-corrected chi connectivity index (χ1v) is 11.0. The third kappa shape index (κ3) is 4.14. The van der Waals surface area contributed by atoms with Crippen LogP contribution in [0.2, 0.25) is 5.02 Å². The average molecular weight is 434 g/mol. The van der Waals surface area contributed by atoms with Gasteiger partial charge in [0.05, 0.1) is 12.0 Å². The van der Waals surface area contributed by atoms with E-state index in [1.165, 1.54) is 4.31 Å². The molecule has 0 saturated carbocycles. The van der Waals surface area contributed by atoms with Gasteiger partial charge in [-0.3, -0.25) is 0 Å². The Morgan fingerprint density at radius 3 is 2.34 bits per heavy atom. The molecule has 7 nitrogen and oxygen atoms in total. The van der Waals surface area contributed by atoms with Crippen molar-refractivity contribution in [3.63, 3.8) is 0 Å². The Bertz CT molecular complexity index is 1070. The highest BCUT2D eigenvalue weighted by Gasteiger charge is 2.31. The molecule has 0 radical (unpaired) electrons. The highest BCUT2D eigenvalue weighted by molar-refractivity contribution is 7.89. The fourth-order valence-electron chi connectivity index (χ4n) is 3.36. The van der Waals surface area contributed by atoms with Crippen LogP contribution < -0.4 is 4.74 Å². The van der Waals surface area contributed by atoms with E-state index in [9.17, 15) is 8.42 Å². The fourth-order valence-corrected chi connectivity index (χ4v) is 4.96. The Morgan fingerprint density at radius 2 is 1.72 bits per heavy atom. The third-order valence-corrected chi connectivity index (χ3v) is 7.21. The van der Waals surface area contributed by atoms with Crippen LogP contribution in [0, 0.1) is 0 Å². The smallest absolute Gasteiger partial charge is 0.257 e. The van der Waals surface area contributed by atoms with Crippen LogP contribution in [0.25, 0.3) is 11.5 Å². The number of hydrogen-bond donors (Lipinski definition) is 0. The first-order valence-electron chi connectivity index (χ1n) is 9.21. The molecule has 0 aliphatic carbocycles. The molecule has 1 saturated heterocycles. The topological polar surface area (TPSA) is 85.5 Å². The Labute approximate surface area is 174 Å². The maximum Gasteiger partial charge on any atom is 0.257 e. The Balaban J connectivity index is 1.43. The Kier molecular flexibility index (Phi) is 5.58.